The van der Waals surface area contributed by atoms with Crippen molar-refractivity contribution in [3.05, 3.63) is 53.3 Å². The van der Waals surface area contributed by atoms with Crippen molar-refractivity contribution in [3.63, 3.8) is 0 Å². The first-order chi connectivity index (χ1) is 9.36. The van der Waals surface area contributed by atoms with Crippen molar-refractivity contribution < 1.29 is 0 Å². The molecule has 1 rings (SSSR count). The van der Waals surface area contributed by atoms with E-state index in [4.69, 9.17) is 0 Å². The normalized spacial score (nSPS) is 19.6. The Morgan fingerprint density at radius 2 is 2.15 bits per heavy atom. The molecule has 0 aromatic heterocycles. The Morgan fingerprint density at radius 3 is 2.75 bits per heavy atom. The van der Waals surface area contributed by atoms with Gasteiger partial charge >= 0.3 is 0 Å². The molecule has 0 aromatic carbocycles. The molecule has 0 radical (unpaired) electrons. The monoisotopic (exact) mass is 270 g/mol. The van der Waals surface area contributed by atoms with Gasteiger partial charge in [0, 0.05) is 0 Å². The van der Waals surface area contributed by atoms with Gasteiger partial charge in [-0.05, 0) is 68.1 Å². The first kappa shape index (κ1) is 16.8. The van der Waals surface area contributed by atoms with E-state index in [-0.39, 0.29) is 0 Å². The van der Waals surface area contributed by atoms with Crippen LogP contribution in [0.3, 0.4) is 0 Å². The van der Waals surface area contributed by atoms with Gasteiger partial charge in [-0.25, -0.2) is 0 Å². The molecular formula is C20H30. The van der Waals surface area contributed by atoms with Crippen LogP contribution in [-0.4, -0.2) is 0 Å². The molecule has 20 heavy (non-hydrogen) atoms. The second-order valence-corrected chi connectivity index (χ2v) is 6.73. The fourth-order valence-corrected chi connectivity index (χ4v) is 2.75. The summed E-state index contributed by atoms with van der Waals surface area (Å²) in [5.41, 5.74) is 8.12. The Labute approximate surface area is 125 Å². The molecule has 0 N–H and O–H groups in total. The van der Waals surface area contributed by atoms with Crippen LogP contribution in [-0.2, 0) is 0 Å². The molecule has 0 fully saturated rings. The predicted octanol–water partition coefficient (Wildman–Crippen LogP) is 6.38. The van der Waals surface area contributed by atoms with Crippen LogP contribution in [0.25, 0.3) is 0 Å². The summed E-state index contributed by atoms with van der Waals surface area (Å²) in [7, 11) is 0. The minimum atomic E-state index is 0.308. The Kier molecular flexibility index (Phi) is 6.30. The zero-order valence-electron chi connectivity index (χ0n) is 13.9. The minimum Gasteiger partial charge on any atom is -0.121 e. The van der Waals surface area contributed by atoms with Gasteiger partial charge in [0.25, 0.3) is 0 Å². The lowest BCUT2D eigenvalue weighted by atomic mass is 9.73. The zero-order valence-corrected chi connectivity index (χ0v) is 13.9. The van der Waals surface area contributed by atoms with E-state index >= 15 is 0 Å². The van der Waals surface area contributed by atoms with Gasteiger partial charge in [-0.2, -0.15) is 0 Å². The molecule has 110 valence electrons. The third kappa shape index (κ3) is 5.02. The van der Waals surface area contributed by atoms with Crippen molar-refractivity contribution in [2.45, 2.75) is 60.3 Å². The Balaban J connectivity index is 2.81. The molecule has 0 aliphatic heterocycles. The van der Waals surface area contributed by atoms with Crippen molar-refractivity contribution in [2.24, 2.45) is 11.3 Å². The molecule has 0 saturated carbocycles. The highest BCUT2D eigenvalue weighted by atomic mass is 14.3. The topological polar surface area (TPSA) is 0 Å². The van der Waals surface area contributed by atoms with E-state index in [1.807, 2.05) is 6.08 Å². The van der Waals surface area contributed by atoms with Gasteiger partial charge in [0.05, 0.1) is 0 Å². The van der Waals surface area contributed by atoms with Gasteiger partial charge in [0.15, 0.2) is 0 Å². The van der Waals surface area contributed by atoms with Crippen LogP contribution in [0.2, 0.25) is 0 Å². The van der Waals surface area contributed by atoms with Crippen LogP contribution in [0.1, 0.15) is 60.3 Å². The average Bonchev–Trinajstić information content (AvgIpc) is 2.37. The molecule has 0 heteroatoms. The van der Waals surface area contributed by atoms with Gasteiger partial charge < -0.3 is 0 Å². The lowest BCUT2D eigenvalue weighted by Gasteiger charge is -2.32. The van der Waals surface area contributed by atoms with Crippen molar-refractivity contribution in [3.8, 4) is 0 Å². The summed E-state index contributed by atoms with van der Waals surface area (Å²) in [5, 5.41) is 0. The van der Waals surface area contributed by atoms with Gasteiger partial charge in [-0.15, -0.1) is 12.3 Å². The van der Waals surface area contributed by atoms with Crippen LogP contribution in [0.5, 0.6) is 0 Å². The predicted molar refractivity (Wildman–Crippen MR) is 90.7 cm³/mol. The van der Waals surface area contributed by atoms with E-state index in [9.17, 15) is 0 Å². The average molecular weight is 270 g/mol. The molecule has 0 bridgehead atoms. The van der Waals surface area contributed by atoms with Crippen molar-refractivity contribution in [1.29, 1.82) is 0 Å². The third-order valence-electron chi connectivity index (χ3n) is 4.24. The fourth-order valence-electron chi connectivity index (χ4n) is 2.75. The minimum absolute atomic E-state index is 0.308. The lowest BCUT2D eigenvalue weighted by molar-refractivity contribution is 0.377. The quantitative estimate of drug-likeness (QED) is 0.401. The maximum absolute atomic E-state index is 3.79. The SMILES string of the molecule is C=CC(C)/C=C/CC(C)=C=CC1=C(C)CCCC1(C)C. The number of hydrogen-bond donors (Lipinski definition) is 0. The van der Waals surface area contributed by atoms with E-state index in [1.165, 1.54) is 36.0 Å². The molecule has 0 heterocycles. The highest BCUT2D eigenvalue weighted by molar-refractivity contribution is 5.33. The highest BCUT2D eigenvalue weighted by Crippen LogP contribution is 2.40. The van der Waals surface area contributed by atoms with Gasteiger partial charge in [0.2, 0.25) is 0 Å². The second kappa shape index (κ2) is 7.50. The number of allylic oxidation sites excluding steroid dienone is 6. The summed E-state index contributed by atoms with van der Waals surface area (Å²) >= 11 is 0. The maximum atomic E-state index is 3.79. The standard InChI is InChI=1S/C20H30/c1-7-16(2)10-8-11-17(3)13-14-19-18(4)12-9-15-20(19,5)6/h7-8,10,14,16H,1,9,11-12,15H2,2-6H3/b10-8+. The molecule has 0 aromatic rings. The van der Waals surface area contributed by atoms with E-state index in [0.717, 1.165) is 6.42 Å². The summed E-state index contributed by atoms with van der Waals surface area (Å²) in [6.07, 6.45) is 13.4. The molecule has 0 saturated heterocycles. The second-order valence-electron chi connectivity index (χ2n) is 6.73. The summed E-state index contributed by atoms with van der Waals surface area (Å²) in [6.45, 7) is 15.1. The fraction of sp³-hybridized carbons (Fsp3) is 0.550. The zero-order chi connectivity index (χ0) is 15.2. The molecule has 1 aliphatic carbocycles. The van der Waals surface area contributed by atoms with Crippen molar-refractivity contribution >= 4 is 0 Å². The van der Waals surface area contributed by atoms with Crippen molar-refractivity contribution in [1.82, 2.24) is 0 Å². The largest absolute Gasteiger partial charge is 0.121 e. The Bertz CT molecular complexity index is 462. The molecule has 1 aliphatic rings. The van der Waals surface area contributed by atoms with E-state index in [0.29, 0.717) is 11.3 Å². The van der Waals surface area contributed by atoms with Gasteiger partial charge in [-0.3, -0.25) is 0 Å². The summed E-state index contributed by atoms with van der Waals surface area (Å²) in [4.78, 5) is 0. The van der Waals surface area contributed by atoms with Crippen LogP contribution >= 0.6 is 0 Å². The van der Waals surface area contributed by atoms with E-state index in [2.05, 4.69) is 65.2 Å². The summed E-state index contributed by atoms with van der Waals surface area (Å²) in [5.74, 6) is 0.453. The van der Waals surface area contributed by atoms with E-state index in [1.54, 1.807) is 0 Å². The molecule has 0 amide bonds. The van der Waals surface area contributed by atoms with Crippen LogP contribution in [0.4, 0.5) is 0 Å². The molecule has 0 nitrogen and oxygen atoms in total. The smallest absolute Gasteiger partial charge is 0.00651 e. The summed E-state index contributed by atoms with van der Waals surface area (Å²) in [6, 6.07) is 0. The van der Waals surface area contributed by atoms with Crippen LogP contribution < -0.4 is 0 Å². The van der Waals surface area contributed by atoms with Gasteiger partial charge in [0.1, 0.15) is 0 Å². The first-order valence-corrected chi connectivity index (χ1v) is 7.78. The molecular weight excluding hydrogens is 240 g/mol. The van der Waals surface area contributed by atoms with Crippen LogP contribution in [0.15, 0.2) is 53.3 Å². The third-order valence-corrected chi connectivity index (χ3v) is 4.24. The highest BCUT2D eigenvalue weighted by Gasteiger charge is 2.26. The Morgan fingerprint density at radius 1 is 1.45 bits per heavy atom. The Hall–Kier alpha value is -1.26. The number of rotatable bonds is 5. The molecule has 0 spiro atoms. The first-order valence-electron chi connectivity index (χ1n) is 7.78. The van der Waals surface area contributed by atoms with E-state index < -0.39 is 0 Å². The van der Waals surface area contributed by atoms with Gasteiger partial charge in [-0.1, -0.05) is 44.6 Å². The summed E-state index contributed by atoms with van der Waals surface area (Å²) < 4.78 is 0. The number of hydrogen-bond acceptors (Lipinski definition) is 0. The maximum Gasteiger partial charge on any atom is -0.00651 e. The molecule has 1 unspecified atom stereocenters. The molecule has 1 atom stereocenters. The lowest BCUT2D eigenvalue weighted by Crippen LogP contribution is -2.18. The van der Waals surface area contributed by atoms with Crippen LogP contribution in [0, 0.1) is 11.3 Å². The van der Waals surface area contributed by atoms with Crippen molar-refractivity contribution in [2.75, 3.05) is 0 Å².